The van der Waals surface area contributed by atoms with Gasteiger partial charge in [-0.05, 0) is 24.6 Å². The van der Waals surface area contributed by atoms with Crippen molar-refractivity contribution in [3.8, 4) is 6.07 Å². The number of hydrogen-bond donors (Lipinski definition) is 1. The smallest absolute Gasteiger partial charge is 0.398 e. The minimum atomic E-state index is -4.48. The molecule has 0 bridgehead atoms. The predicted molar refractivity (Wildman–Crippen MR) is 91.5 cm³/mol. The fourth-order valence-electron chi connectivity index (χ4n) is 3.21. The van der Waals surface area contributed by atoms with Crippen molar-refractivity contribution < 1.29 is 22.8 Å². The molecule has 1 aliphatic heterocycles. The van der Waals surface area contributed by atoms with Crippen molar-refractivity contribution in [2.45, 2.75) is 24.7 Å². The molecule has 3 rings (SSSR count). The van der Waals surface area contributed by atoms with Gasteiger partial charge in [0.2, 0.25) is 0 Å². The predicted octanol–water partition coefficient (Wildman–Crippen LogP) is 3.75. The maximum absolute atomic E-state index is 13.2. The van der Waals surface area contributed by atoms with Crippen molar-refractivity contribution in [2.24, 2.45) is 5.16 Å². The molecule has 140 valence electrons. The van der Waals surface area contributed by atoms with Crippen LogP contribution < -0.4 is 5.48 Å². The van der Waals surface area contributed by atoms with Crippen LogP contribution in [-0.2, 0) is 21.5 Å². The molecule has 1 saturated heterocycles. The minimum absolute atomic E-state index is 0.00199. The highest BCUT2D eigenvalue weighted by Gasteiger charge is 2.51. The standard InChI is InChI=1S/C19H16F3N3O2/c1-12-18(27-24-12,13-6-5-7-14(10-13)19(20,21)22)16-9-4-3-8-15(16)17(11-23)25-26-2/h3-10,12,24H,1-2H3/b25-17-. The zero-order chi connectivity index (χ0) is 19.7. The first-order chi connectivity index (χ1) is 12.8. The Morgan fingerprint density at radius 2 is 2.00 bits per heavy atom. The van der Waals surface area contributed by atoms with Gasteiger partial charge in [-0.15, -0.1) is 0 Å². The van der Waals surface area contributed by atoms with Crippen molar-refractivity contribution >= 4 is 5.71 Å². The molecule has 8 heteroatoms. The Morgan fingerprint density at radius 1 is 1.26 bits per heavy atom. The van der Waals surface area contributed by atoms with Gasteiger partial charge in [0.25, 0.3) is 0 Å². The molecule has 2 atom stereocenters. The van der Waals surface area contributed by atoms with Gasteiger partial charge >= 0.3 is 6.18 Å². The number of halogens is 3. The van der Waals surface area contributed by atoms with E-state index in [-0.39, 0.29) is 11.8 Å². The van der Waals surface area contributed by atoms with Gasteiger partial charge in [-0.3, -0.25) is 4.84 Å². The average Bonchev–Trinajstić information content (AvgIpc) is 2.65. The Morgan fingerprint density at radius 3 is 2.56 bits per heavy atom. The zero-order valence-electron chi connectivity index (χ0n) is 14.5. The summed E-state index contributed by atoms with van der Waals surface area (Å²) in [5.74, 6) is 0. The van der Waals surface area contributed by atoms with Crippen molar-refractivity contribution in [3.05, 3.63) is 70.8 Å². The zero-order valence-corrected chi connectivity index (χ0v) is 14.5. The number of alkyl halides is 3. The lowest BCUT2D eigenvalue weighted by atomic mass is 9.76. The molecule has 0 radical (unpaired) electrons. The van der Waals surface area contributed by atoms with Crippen LogP contribution in [0.4, 0.5) is 13.2 Å². The Hall–Kier alpha value is -2.89. The summed E-state index contributed by atoms with van der Waals surface area (Å²) >= 11 is 0. The SMILES string of the molecule is CO/N=C(/C#N)c1ccccc1C1(c2cccc(C(F)(F)F)c2)ONC1C. The van der Waals surface area contributed by atoms with Crippen LogP contribution in [0, 0.1) is 11.3 Å². The number of benzene rings is 2. The van der Waals surface area contributed by atoms with Gasteiger partial charge in [0.1, 0.15) is 13.2 Å². The fraction of sp³-hybridized carbons (Fsp3) is 0.263. The molecule has 5 nitrogen and oxygen atoms in total. The lowest BCUT2D eigenvalue weighted by Crippen LogP contribution is -2.63. The van der Waals surface area contributed by atoms with Gasteiger partial charge in [0.05, 0.1) is 11.6 Å². The molecule has 1 fully saturated rings. The Bertz CT molecular complexity index is 921. The molecule has 1 aliphatic rings. The summed E-state index contributed by atoms with van der Waals surface area (Å²) in [7, 11) is 1.31. The summed E-state index contributed by atoms with van der Waals surface area (Å²) in [6.07, 6.45) is -4.48. The molecule has 0 aliphatic carbocycles. The quantitative estimate of drug-likeness (QED) is 0.653. The molecule has 0 amide bonds. The molecule has 0 spiro atoms. The summed E-state index contributed by atoms with van der Waals surface area (Å²) in [6.45, 7) is 1.79. The Labute approximate surface area is 154 Å². The molecular formula is C19H16F3N3O2. The van der Waals surface area contributed by atoms with E-state index in [0.717, 1.165) is 12.1 Å². The van der Waals surface area contributed by atoms with Gasteiger partial charge in [-0.2, -0.15) is 23.9 Å². The number of hydroxylamine groups is 1. The number of oxime groups is 1. The Kier molecular flexibility index (Phi) is 4.91. The molecule has 0 aromatic heterocycles. The highest BCUT2D eigenvalue weighted by atomic mass is 19.4. The van der Waals surface area contributed by atoms with Gasteiger partial charge < -0.3 is 4.84 Å². The lowest BCUT2D eigenvalue weighted by Gasteiger charge is -2.49. The Balaban J connectivity index is 2.22. The molecule has 27 heavy (non-hydrogen) atoms. The number of nitriles is 1. The van der Waals surface area contributed by atoms with Crippen molar-refractivity contribution in [3.63, 3.8) is 0 Å². The molecule has 1 N–H and O–H groups in total. The van der Waals surface area contributed by atoms with E-state index in [0.29, 0.717) is 16.7 Å². The third-order valence-corrected chi connectivity index (χ3v) is 4.50. The van der Waals surface area contributed by atoms with Crippen molar-refractivity contribution in [1.82, 2.24) is 5.48 Å². The molecule has 1 heterocycles. The number of hydrogen-bond acceptors (Lipinski definition) is 5. The number of nitrogens with one attached hydrogen (secondary N) is 1. The van der Waals surface area contributed by atoms with Crippen LogP contribution >= 0.6 is 0 Å². The van der Waals surface area contributed by atoms with Crippen molar-refractivity contribution in [2.75, 3.05) is 7.11 Å². The van der Waals surface area contributed by atoms with E-state index >= 15 is 0 Å². The van der Waals surface area contributed by atoms with Crippen LogP contribution in [0.15, 0.2) is 53.7 Å². The third-order valence-electron chi connectivity index (χ3n) is 4.50. The maximum atomic E-state index is 13.2. The largest absolute Gasteiger partial charge is 0.416 e. The fourth-order valence-corrected chi connectivity index (χ4v) is 3.21. The summed E-state index contributed by atoms with van der Waals surface area (Å²) in [6, 6.07) is 13.4. The molecular weight excluding hydrogens is 359 g/mol. The van der Waals surface area contributed by atoms with E-state index in [1.807, 2.05) is 6.07 Å². The topological polar surface area (TPSA) is 66.6 Å². The summed E-state index contributed by atoms with van der Waals surface area (Å²) in [5.41, 5.74) is 2.03. The van der Waals surface area contributed by atoms with Crippen molar-refractivity contribution in [1.29, 1.82) is 5.26 Å². The highest BCUT2D eigenvalue weighted by Crippen LogP contribution is 2.45. The first-order valence-electron chi connectivity index (χ1n) is 8.07. The molecule has 2 aromatic rings. The van der Waals surface area contributed by atoms with E-state index < -0.39 is 17.3 Å². The van der Waals surface area contributed by atoms with Crippen LogP contribution in [-0.4, -0.2) is 18.9 Å². The lowest BCUT2D eigenvalue weighted by molar-refractivity contribution is -0.225. The number of rotatable bonds is 4. The number of nitrogens with zero attached hydrogens (tertiary/aromatic N) is 2. The highest BCUT2D eigenvalue weighted by molar-refractivity contribution is 6.12. The van der Waals surface area contributed by atoms with Gasteiger partial charge in [0, 0.05) is 11.1 Å². The van der Waals surface area contributed by atoms with Crippen LogP contribution in [0.1, 0.15) is 29.2 Å². The maximum Gasteiger partial charge on any atom is 0.416 e. The second kappa shape index (κ2) is 7.02. The third kappa shape index (κ3) is 3.16. The van der Waals surface area contributed by atoms with E-state index in [9.17, 15) is 18.4 Å². The van der Waals surface area contributed by atoms with E-state index in [1.54, 1.807) is 37.3 Å². The molecule has 0 saturated carbocycles. The summed E-state index contributed by atoms with van der Waals surface area (Å²) in [5, 5.41) is 13.1. The van der Waals surface area contributed by atoms with Crippen LogP contribution in [0.5, 0.6) is 0 Å². The average molecular weight is 375 g/mol. The van der Waals surface area contributed by atoms with Crippen LogP contribution in [0.25, 0.3) is 0 Å². The minimum Gasteiger partial charge on any atom is -0.398 e. The molecule has 2 unspecified atom stereocenters. The van der Waals surface area contributed by atoms with E-state index in [4.69, 9.17) is 9.68 Å². The normalized spacial score (nSPS) is 22.7. The first-order valence-corrected chi connectivity index (χ1v) is 8.07. The second-order valence-electron chi connectivity index (χ2n) is 6.04. The van der Waals surface area contributed by atoms with Crippen LogP contribution in [0.3, 0.4) is 0 Å². The van der Waals surface area contributed by atoms with Gasteiger partial charge in [-0.1, -0.05) is 41.6 Å². The van der Waals surface area contributed by atoms with E-state index in [2.05, 4.69) is 10.6 Å². The summed E-state index contributed by atoms with van der Waals surface area (Å²) < 4.78 is 39.6. The summed E-state index contributed by atoms with van der Waals surface area (Å²) in [4.78, 5) is 10.4. The first kappa shape index (κ1) is 18.9. The monoisotopic (exact) mass is 375 g/mol. The molecule has 2 aromatic carbocycles. The van der Waals surface area contributed by atoms with Gasteiger partial charge in [-0.25, -0.2) is 0 Å². The van der Waals surface area contributed by atoms with Crippen LogP contribution in [0.2, 0.25) is 0 Å². The second-order valence-corrected chi connectivity index (χ2v) is 6.04. The van der Waals surface area contributed by atoms with Gasteiger partial charge in [0.15, 0.2) is 11.3 Å². The van der Waals surface area contributed by atoms with E-state index in [1.165, 1.54) is 13.2 Å².